The van der Waals surface area contributed by atoms with E-state index in [2.05, 4.69) is 42.2 Å². The van der Waals surface area contributed by atoms with Gasteiger partial charge in [-0.25, -0.2) is 0 Å². The number of nitrogens with zero attached hydrogens (tertiary/aromatic N) is 2. The Bertz CT molecular complexity index is 360. The molecule has 0 amide bonds. The van der Waals surface area contributed by atoms with Crippen LogP contribution in [0.4, 0.5) is 0 Å². The van der Waals surface area contributed by atoms with Gasteiger partial charge in [0.15, 0.2) is 5.76 Å². The van der Waals surface area contributed by atoms with Crippen LogP contribution in [0, 0.1) is 0 Å². The van der Waals surface area contributed by atoms with Gasteiger partial charge in [-0.2, -0.15) is 0 Å². The molecule has 1 aromatic heterocycles. The standard InChI is InChI=1S/C14H25N3O/c1-4-11(3)17(5-2)10-14-8-13(16-18-14)9-15-12-6-7-12/h8,11-12,15H,4-7,9-10H2,1-3H3. The molecule has 18 heavy (non-hydrogen) atoms. The maximum Gasteiger partial charge on any atom is 0.151 e. The Hall–Kier alpha value is -0.870. The second kappa shape index (κ2) is 6.34. The molecule has 0 radical (unpaired) electrons. The van der Waals surface area contributed by atoms with Crippen LogP contribution in [-0.2, 0) is 13.1 Å². The molecule has 0 spiro atoms. The first-order valence-electron chi connectivity index (χ1n) is 7.14. The van der Waals surface area contributed by atoms with Crippen molar-refractivity contribution in [1.82, 2.24) is 15.4 Å². The number of hydrogen-bond acceptors (Lipinski definition) is 4. The zero-order valence-electron chi connectivity index (χ0n) is 11.8. The van der Waals surface area contributed by atoms with E-state index in [4.69, 9.17) is 4.52 Å². The molecule has 1 aromatic rings. The van der Waals surface area contributed by atoms with Gasteiger partial charge in [0.1, 0.15) is 0 Å². The Balaban J connectivity index is 1.83. The molecule has 1 heterocycles. The monoisotopic (exact) mass is 251 g/mol. The molecule has 4 nitrogen and oxygen atoms in total. The van der Waals surface area contributed by atoms with E-state index in [1.54, 1.807) is 0 Å². The average Bonchev–Trinajstić information content (AvgIpc) is 3.12. The second-order valence-electron chi connectivity index (χ2n) is 5.26. The predicted molar refractivity (Wildman–Crippen MR) is 72.2 cm³/mol. The summed E-state index contributed by atoms with van der Waals surface area (Å²) in [4.78, 5) is 2.42. The van der Waals surface area contributed by atoms with Gasteiger partial charge < -0.3 is 9.84 Å². The van der Waals surface area contributed by atoms with E-state index in [1.807, 2.05) is 0 Å². The first-order valence-corrected chi connectivity index (χ1v) is 7.14. The molecule has 1 aliphatic carbocycles. The smallest absolute Gasteiger partial charge is 0.151 e. The molecule has 2 rings (SSSR count). The average molecular weight is 251 g/mol. The lowest BCUT2D eigenvalue weighted by molar-refractivity contribution is 0.183. The summed E-state index contributed by atoms with van der Waals surface area (Å²) in [5.74, 6) is 0.977. The fraction of sp³-hybridized carbons (Fsp3) is 0.786. The van der Waals surface area contributed by atoms with Crippen LogP contribution >= 0.6 is 0 Å². The van der Waals surface area contributed by atoms with Gasteiger partial charge >= 0.3 is 0 Å². The van der Waals surface area contributed by atoms with Crippen molar-refractivity contribution in [3.8, 4) is 0 Å². The highest BCUT2D eigenvalue weighted by atomic mass is 16.5. The zero-order chi connectivity index (χ0) is 13.0. The van der Waals surface area contributed by atoms with Crippen molar-refractivity contribution >= 4 is 0 Å². The molecule has 1 unspecified atom stereocenters. The molecule has 0 saturated heterocycles. The van der Waals surface area contributed by atoms with Crippen LogP contribution in [0.15, 0.2) is 10.6 Å². The molecular formula is C14H25N3O. The van der Waals surface area contributed by atoms with E-state index in [0.717, 1.165) is 43.6 Å². The van der Waals surface area contributed by atoms with E-state index in [0.29, 0.717) is 6.04 Å². The summed E-state index contributed by atoms with van der Waals surface area (Å²) in [7, 11) is 0. The summed E-state index contributed by atoms with van der Waals surface area (Å²) in [5, 5.41) is 7.58. The second-order valence-corrected chi connectivity index (χ2v) is 5.26. The third-order valence-corrected chi connectivity index (χ3v) is 3.74. The van der Waals surface area contributed by atoms with Gasteiger partial charge in [0.25, 0.3) is 0 Å². The Morgan fingerprint density at radius 2 is 2.28 bits per heavy atom. The van der Waals surface area contributed by atoms with E-state index in [1.165, 1.54) is 12.8 Å². The van der Waals surface area contributed by atoms with Gasteiger partial charge in [0.05, 0.1) is 12.2 Å². The molecule has 1 aliphatic rings. The van der Waals surface area contributed by atoms with Crippen LogP contribution in [0.5, 0.6) is 0 Å². The Kier molecular flexibility index (Phi) is 4.78. The van der Waals surface area contributed by atoms with Crippen molar-refractivity contribution in [2.45, 2.75) is 65.2 Å². The van der Waals surface area contributed by atoms with Crippen molar-refractivity contribution in [3.63, 3.8) is 0 Å². The Labute approximate surface area is 110 Å². The van der Waals surface area contributed by atoms with Gasteiger partial charge in [-0.15, -0.1) is 0 Å². The number of aromatic nitrogens is 1. The topological polar surface area (TPSA) is 41.3 Å². The first-order chi connectivity index (χ1) is 8.72. The normalized spacial score (nSPS) is 17.3. The Morgan fingerprint density at radius 3 is 2.89 bits per heavy atom. The van der Waals surface area contributed by atoms with Crippen LogP contribution in [-0.4, -0.2) is 28.7 Å². The van der Waals surface area contributed by atoms with Gasteiger partial charge in [-0.1, -0.05) is 19.0 Å². The highest BCUT2D eigenvalue weighted by Crippen LogP contribution is 2.19. The third kappa shape index (κ3) is 3.82. The highest BCUT2D eigenvalue weighted by Gasteiger charge is 2.21. The lowest BCUT2D eigenvalue weighted by atomic mass is 10.2. The lowest BCUT2D eigenvalue weighted by Crippen LogP contribution is -2.31. The van der Waals surface area contributed by atoms with Crippen LogP contribution in [0.2, 0.25) is 0 Å². The zero-order valence-corrected chi connectivity index (χ0v) is 11.8. The fourth-order valence-electron chi connectivity index (χ4n) is 2.09. The largest absolute Gasteiger partial charge is 0.360 e. The molecule has 0 bridgehead atoms. The molecule has 1 atom stereocenters. The number of hydrogen-bond donors (Lipinski definition) is 1. The van der Waals surface area contributed by atoms with Crippen molar-refractivity contribution in [1.29, 1.82) is 0 Å². The molecule has 0 aliphatic heterocycles. The van der Waals surface area contributed by atoms with Crippen LogP contribution in [0.25, 0.3) is 0 Å². The van der Waals surface area contributed by atoms with E-state index in [9.17, 15) is 0 Å². The number of nitrogens with one attached hydrogen (secondary N) is 1. The minimum atomic E-state index is 0.591. The van der Waals surface area contributed by atoms with Gasteiger partial charge in [-0.3, -0.25) is 4.90 Å². The first kappa shape index (κ1) is 13.6. The van der Waals surface area contributed by atoms with Gasteiger partial charge in [0, 0.05) is 24.7 Å². The minimum Gasteiger partial charge on any atom is -0.360 e. The maximum absolute atomic E-state index is 5.41. The summed E-state index contributed by atoms with van der Waals surface area (Å²) in [6.45, 7) is 9.42. The summed E-state index contributed by atoms with van der Waals surface area (Å²) < 4.78 is 5.41. The molecule has 4 heteroatoms. The van der Waals surface area contributed by atoms with Crippen LogP contribution < -0.4 is 5.32 Å². The van der Waals surface area contributed by atoms with E-state index in [-0.39, 0.29) is 0 Å². The van der Waals surface area contributed by atoms with Gasteiger partial charge in [-0.05, 0) is 32.7 Å². The highest BCUT2D eigenvalue weighted by molar-refractivity contribution is 5.06. The SMILES string of the molecule is CCC(C)N(CC)Cc1cc(CNC2CC2)no1. The molecular weight excluding hydrogens is 226 g/mol. The van der Waals surface area contributed by atoms with E-state index >= 15 is 0 Å². The Morgan fingerprint density at radius 1 is 1.50 bits per heavy atom. The van der Waals surface area contributed by atoms with Crippen molar-refractivity contribution in [3.05, 3.63) is 17.5 Å². The van der Waals surface area contributed by atoms with E-state index < -0.39 is 0 Å². The summed E-state index contributed by atoms with van der Waals surface area (Å²) in [5.41, 5.74) is 1.03. The molecule has 1 fully saturated rings. The van der Waals surface area contributed by atoms with Crippen LogP contribution in [0.3, 0.4) is 0 Å². The molecule has 102 valence electrons. The summed E-state index contributed by atoms with van der Waals surface area (Å²) in [6, 6.07) is 3.39. The molecule has 1 saturated carbocycles. The van der Waals surface area contributed by atoms with Crippen LogP contribution in [0.1, 0.15) is 51.5 Å². The predicted octanol–water partition coefficient (Wildman–Crippen LogP) is 2.55. The van der Waals surface area contributed by atoms with Gasteiger partial charge in [0.2, 0.25) is 0 Å². The molecule has 1 N–H and O–H groups in total. The summed E-state index contributed by atoms with van der Waals surface area (Å²) in [6.07, 6.45) is 3.78. The minimum absolute atomic E-state index is 0.591. The summed E-state index contributed by atoms with van der Waals surface area (Å²) >= 11 is 0. The number of rotatable bonds is 8. The maximum atomic E-state index is 5.41. The van der Waals surface area contributed by atoms with Crippen molar-refractivity contribution in [2.24, 2.45) is 0 Å². The molecule has 0 aromatic carbocycles. The fourth-order valence-corrected chi connectivity index (χ4v) is 2.09. The van der Waals surface area contributed by atoms with Crippen molar-refractivity contribution < 1.29 is 4.52 Å². The third-order valence-electron chi connectivity index (χ3n) is 3.74. The van der Waals surface area contributed by atoms with Crippen molar-refractivity contribution in [2.75, 3.05) is 6.54 Å². The quantitative estimate of drug-likeness (QED) is 0.771. The lowest BCUT2D eigenvalue weighted by Gasteiger charge is -2.25.